The van der Waals surface area contributed by atoms with E-state index in [-0.39, 0.29) is 30.0 Å². The molecule has 1 aromatic heterocycles. The number of carbonyl (C=O) groups is 3. The van der Waals surface area contributed by atoms with Gasteiger partial charge in [0, 0.05) is 25.2 Å². The zero-order valence-corrected chi connectivity index (χ0v) is 15.4. The predicted octanol–water partition coefficient (Wildman–Crippen LogP) is 3.18. The summed E-state index contributed by atoms with van der Waals surface area (Å²) in [6, 6.07) is 3.46. The van der Waals surface area contributed by atoms with E-state index in [2.05, 4.69) is 4.98 Å². The Morgan fingerprint density at radius 2 is 1.84 bits per heavy atom. The number of carbonyl (C=O) groups excluding carboxylic acids is 3. The zero-order valence-electron chi connectivity index (χ0n) is 15.4. The maximum absolute atomic E-state index is 12.4. The molecule has 1 saturated heterocycles. The second-order valence-electron chi connectivity index (χ2n) is 7.53. The lowest BCUT2D eigenvalue weighted by Crippen LogP contribution is -2.43. The van der Waals surface area contributed by atoms with Crippen LogP contribution in [0.4, 0.5) is 4.79 Å². The average molecular weight is 346 g/mol. The Morgan fingerprint density at radius 1 is 1.20 bits per heavy atom. The number of likely N-dealkylation sites (tertiary alicyclic amines) is 1. The van der Waals surface area contributed by atoms with Gasteiger partial charge in [0.1, 0.15) is 17.1 Å². The van der Waals surface area contributed by atoms with Gasteiger partial charge in [-0.2, -0.15) is 0 Å². The number of hydrogen-bond donors (Lipinski definition) is 0. The van der Waals surface area contributed by atoms with E-state index in [1.807, 2.05) is 33.8 Å². The molecular weight excluding hydrogens is 320 g/mol. The Balaban J connectivity index is 1.84. The van der Waals surface area contributed by atoms with Gasteiger partial charge >= 0.3 is 6.09 Å². The zero-order chi connectivity index (χ0) is 18.6. The van der Waals surface area contributed by atoms with E-state index in [9.17, 15) is 14.4 Å². The monoisotopic (exact) mass is 346 g/mol. The van der Waals surface area contributed by atoms with Crippen LogP contribution in [-0.4, -0.2) is 46.2 Å². The summed E-state index contributed by atoms with van der Waals surface area (Å²) in [5, 5.41) is 0. The summed E-state index contributed by atoms with van der Waals surface area (Å²) in [5.41, 5.74) is 0.763. The second-order valence-corrected chi connectivity index (χ2v) is 7.53. The summed E-state index contributed by atoms with van der Waals surface area (Å²) in [6.45, 7) is 8.32. The van der Waals surface area contributed by atoms with Crippen LogP contribution in [0.25, 0.3) is 0 Å². The summed E-state index contributed by atoms with van der Waals surface area (Å²) in [7, 11) is 0. The molecule has 0 atom stereocenters. The van der Waals surface area contributed by atoms with Crippen molar-refractivity contribution in [3.05, 3.63) is 29.6 Å². The van der Waals surface area contributed by atoms with Crippen molar-refractivity contribution in [1.29, 1.82) is 0 Å². The number of amides is 1. The molecule has 2 heterocycles. The molecule has 0 radical (unpaired) electrons. The molecule has 136 valence electrons. The van der Waals surface area contributed by atoms with Crippen molar-refractivity contribution in [2.45, 2.75) is 52.6 Å². The third kappa shape index (κ3) is 5.66. The highest BCUT2D eigenvalue weighted by molar-refractivity contribution is 6.07. The van der Waals surface area contributed by atoms with Gasteiger partial charge < -0.3 is 9.64 Å². The first-order valence-electron chi connectivity index (χ1n) is 8.62. The molecule has 1 aromatic rings. The number of piperidine rings is 1. The first kappa shape index (κ1) is 19.1. The van der Waals surface area contributed by atoms with Crippen molar-refractivity contribution in [1.82, 2.24) is 9.88 Å². The van der Waals surface area contributed by atoms with Gasteiger partial charge in [-0.25, -0.2) is 4.79 Å². The molecule has 25 heavy (non-hydrogen) atoms. The van der Waals surface area contributed by atoms with E-state index in [0.29, 0.717) is 31.6 Å². The van der Waals surface area contributed by atoms with Crippen molar-refractivity contribution in [2.75, 3.05) is 13.1 Å². The van der Waals surface area contributed by atoms with Crippen LogP contribution in [-0.2, 0) is 9.53 Å². The molecule has 6 heteroatoms. The number of hydrogen-bond acceptors (Lipinski definition) is 5. The van der Waals surface area contributed by atoms with Gasteiger partial charge in [0.25, 0.3) is 0 Å². The third-order valence-corrected chi connectivity index (χ3v) is 4.13. The minimum atomic E-state index is -0.531. The number of Topliss-reactive ketones (excluding diaryl/α,β-unsaturated/α-hetero) is 2. The quantitative estimate of drug-likeness (QED) is 0.618. The number of pyridine rings is 1. The Labute approximate surface area is 148 Å². The highest BCUT2D eigenvalue weighted by atomic mass is 16.6. The molecule has 6 nitrogen and oxygen atoms in total. The standard InChI is InChI=1S/C19H26N2O4/c1-13-5-6-15(20-12-13)17(23)11-16(22)14-7-9-21(10-8-14)18(24)25-19(2,3)4/h5-6,12,14H,7-11H2,1-4H3. The molecule has 2 rings (SSSR count). The Hall–Kier alpha value is -2.24. The SMILES string of the molecule is Cc1ccc(C(=O)CC(=O)C2CCN(C(=O)OC(C)(C)C)CC2)nc1. The van der Waals surface area contributed by atoms with Crippen LogP contribution >= 0.6 is 0 Å². The average Bonchev–Trinajstić information content (AvgIpc) is 2.54. The van der Waals surface area contributed by atoms with Crippen molar-refractivity contribution in [3.8, 4) is 0 Å². The lowest BCUT2D eigenvalue weighted by atomic mass is 9.90. The van der Waals surface area contributed by atoms with Gasteiger partial charge in [-0.05, 0) is 52.2 Å². The van der Waals surface area contributed by atoms with Crippen LogP contribution in [0.15, 0.2) is 18.3 Å². The number of ketones is 2. The fourth-order valence-electron chi connectivity index (χ4n) is 2.74. The Morgan fingerprint density at radius 3 is 2.36 bits per heavy atom. The van der Waals surface area contributed by atoms with Gasteiger partial charge in [-0.15, -0.1) is 0 Å². The van der Waals surface area contributed by atoms with E-state index < -0.39 is 5.60 Å². The maximum Gasteiger partial charge on any atom is 0.410 e. The summed E-state index contributed by atoms with van der Waals surface area (Å²) < 4.78 is 5.34. The Bertz CT molecular complexity index is 638. The van der Waals surface area contributed by atoms with Crippen molar-refractivity contribution in [2.24, 2.45) is 5.92 Å². The summed E-state index contributed by atoms with van der Waals surface area (Å²) >= 11 is 0. The molecule has 0 N–H and O–H groups in total. The molecule has 1 amide bonds. The highest BCUT2D eigenvalue weighted by Gasteiger charge is 2.30. The topological polar surface area (TPSA) is 76.6 Å². The molecular formula is C19H26N2O4. The molecule has 0 spiro atoms. The normalized spacial score (nSPS) is 15.8. The first-order valence-corrected chi connectivity index (χ1v) is 8.62. The molecule has 1 fully saturated rings. The van der Waals surface area contributed by atoms with E-state index in [1.54, 1.807) is 17.2 Å². The number of aryl methyl sites for hydroxylation is 1. The molecule has 0 aliphatic carbocycles. The van der Waals surface area contributed by atoms with Crippen LogP contribution in [0.2, 0.25) is 0 Å². The number of ether oxygens (including phenoxy) is 1. The van der Waals surface area contributed by atoms with Crippen molar-refractivity contribution < 1.29 is 19.1 Å². The number of rotatable bonds is 4. The largest absolute Gasteiger partial charge is 0.444 e. The minimum absolute atomic E-state index is 0.0730. The van der Waals surface area contributed by atoms with Crippen LogP contribution in [0.3, 0.4) is 0 Å². The lowest BCUT2D eigenvalue weighted by Gasteiger charge is -2.32. The minimum Gasteiger partial charge on any atom is -0.444 e. The Kier molecular flexibility index (Phi) is 5.93. The lowest BCUT2D eigenvalue weighted by molar-refractivity contribution is -0.123. The van der Waals surface area contributed by atoms with Crippen LogP contribution < -0.4 is 0 Å². The molecule has 0 bridgehead atoms. The van der Waals surface area contributed by atoms with Crippen LogP contribution in [0, 0.1) is 12.8 Å². The van der Waals surface area contributed by atoms with E-state index in [1.165, 1.54) is 0 Å². The fraction of sp³-hybridized carbons (Fsp3) is 0.579. The molecule has 1 aliphatic heterocycles. The van der Waals surface area contributed by atoms with Gasteiger partial charge in [0.05, 0.1) is 6.42 Å². The molecule has 1 aliphatic rings. The predicted molar refractivity (Wildman–Crippen MR) is 93.5 cm³/mol. The maximum atomic E-state index is 12.4. The summed E-state index contributed by atoms with van der Waals surface area (Å²) in [6.07, 6.45) is 2.27. The molecule has 0 unspecified atom stereocenters. The van der Waals surface area contributed by atoms with E-state index in [0.717, 1.165) is 5.56 Å². The first-order chi connectivity index (χ1) is 11.7. The highest BCUT2D eigenvalue weighted by Crippen LogP contribution is 2.22. The molecule has 0 saturated carbocycles. The second kappa shape index (κ2) is 7.76. The van der Waals surface area contributed by atoms with Crippen molar-refractivity contribution in [3.63, 3.8) is 0 Å². The third-order valence-electron chi connectivity index (χ3n) is 4.13. The number of aromatic nitrogens is 1. The van der Waals surface area contributed by atoms with Crippen LogP contribution in [0.5, 0.6) is 0 Å². The van der Waals surface area contributed by atoms with Gasteiger partial charge in [-0.3, -0.25) is 14.6 Å². The van der Waals surface area contributed by atoms with Gasteiger partial charge in [-0.1, -0.05) is 6.07 Å². The fourth-order valence-corrected chi connectivity index (χ4v) is 2.74. The number of nitrogens with zero attached hydrogens (tertiary/aromatic N) is 2. The van der Waals surface area contributed by atoms with Gasteiger partial charge in [0.2, 0.25) is 0 Å². The van der Waals surface area contributed by atoms with Crippen molar-refractivity contribution >= 4 is 17.7 Å². The smallest absolute Gasteiger partial charge is 0.410 e. The van der Waals surface area contributed by atoms with Crippen LogP contribution in [0.1, 0.15) is 56.1 Å². The van der Waals surface area contributed by atoms with E-state index >= 15 is 0 Å². The summed E-state index contributed by atoms with van der Waals surface area (Å²) in [4.78, 5) is 42.3. The van der Waals surface area contributed by atoms with Gasteiger partial charge in [0.15, 0.2) is 5.78 Å². The molecule has 0 aromatic carbocycles. The van der Waals surface area contributed by atoms with E-state index in [4.69, 9.17) is 4.74 Å². The summed E-state index contributed by atoms with van der Waals surface area (Å²) in [5.74, 6) is -0.510.